The number of likely N-dealkylation sites (tertiary alicyclic amines) is 2. The highest BCUT2D eigenvalue weighted by Crippen LogP contribution is 2.26. The molecule has 0 radical (unpaired) electrons. The highest BCUT2D eigenvalue weighted by Gasteiger charge is 2.31. The number of carbonyl (C=O) groups is 3. The molecule has 2 fully saturated rings. The van der Waals surface area contributed by atoms with E-state index in [-0.39, 0.29) is 0 Å². The van der Waals surface area contributed by atoms with Crippen LogP contribution in [0, 0.1) is 17.8 Å². The summed E-state index contributed by atoms with van der Waals surface area (Å²) < 4.78 is 0. The van der Waals surface area contributed by atoms with Gasteiger partial charge in [-0.15, -0.1) is 0 Å². The van der Waals surface area contributed by atoms with E-state index in [1.165, 1.54) is 32.4 Å². The van der Waals surface area contributed by atoms with Gasteiger partial charge in [-0.1, -0.05) is 27.7 Å². The summed E-state index contributed by atoms with van der Waals surface area (Å²) in [7, 11) is 0. The predicted molar refractivity (Wildman–Crippen MR) is 98.8 cm³/mol. The molecule has 2 aliphatic heterocycles. The average molecular weight is 370 g/mol. The van der Waals surface area contributed by atoms with Crippen molar-refractivity contribution in [2.75, 3.05) is 26.2 Å². The fourth-order valence-electron chi connectivity index (χ4n) is 3.97. The molecular formula is C19H34N2O5. The van der Waals surface area contributed by atoms with Crippen molar-refractivity contribution in [1.82, 2.24) is 9.80 Å². The van der Waals surface area contributed by atoms with Crippen LogP contribution in [0.3, 0.4) is 0 Å². The summed E-state index contributed by atoms with van der Waals surface area (Å²) in [5.41, 5.74) is 0. The van der Waals surface area contributed by atoms with Crippen molar-refractivity contribution in [3.8, 4) is 0 Å². The van der Waals surface area contributed by atoms with Gasteiger partial charge in [-0.05, 0) is 37.0 Å². The molecule has 0 aliphatic carbocycles. The first-order valence-electron chi connectivity index (χ1n) is 9.58. The van der Waals surface area contributed by atoms with Crippen LogP contribution in [-0.4, -0.2) is 70.1 Å². The van der Waals surface area contributed by atoms with Gasteiger partial charge in [0.2, 0.25) is 5.91 Å². The van der Waals surface area contributed by atoms with Crippen LogP contribution < -0.4 is 0 Å². The molecule has 2 rings (SSSR count). The first-order valence-corrected chi connectivity index (χ1v) is 9.58. The highest BCUT2D eigenvalue weighted by molar-refractivity contribution is 6.27. The second kappa shape index (κ2) is 10.5. The Bertz CT molecular complexity index is 464. The summed E-state index contributed by atoms with van der Waals surface area (Å²) in [6.45, 7) is 13.5. The van der Waals surface area contributed by atoms with Crippen molar-refractivity contribution in [2.45, 2.75) is 59.4 Å². The molecule has 0 bridgehead atoms. The van der Waals surface area contributed by atoms with E-state index in [0.29, 0.717) is 24.3 Å². The molecule has 0 aromatic rings. The van der Waals surface area contributed by atoms with Crippen LogP contribution >= 0.6 is 0 Å². The number of carbonyl (C=O) groups excluding carboxylic acids is 1. The smallest absolute Gasteiger partial charge is 0.414 e. The van der Waals surface area contributed by atoms with Gasteiger partial charge in [-0.25, -0.2) is 9.59 Å². The second-order valence-electron chi connectivity index (χ2n) is 8.22. The molecule has 26 heavy (non-hydrogen) atoms. The third-order valence-corrected chi connectivity index (χ3v) is 5.00. The van der Waals surface area contributed by atoms with E-state index in [1.807, 2.05) is 0 Å². The summed E-state index contributed by atoms with van der Waals surface area (Å²) in [5, 5.41) is 14.8. The zero-order valence-corrected chi connectivity index (χ0v) is 16.5. The Kier molecular flexibility index (Phi) is 9.05. The van der Waals surface area contributed by atoms with Gasteiger partial charge in [-0.2, -0.15) is 0 Å². The van der Waals surface area contributed by atoms with Crippen LogP contribution in [0.15, 0.2) is 0 Å². The SMILES string of the molecule is CC(C)CC(=O)N1CCC(N2CC(C)CC(C)C2)CC1.O=C(O)C(=O)O. The molecule has 0 aromatic carbocycles. The molecule has 7 nitrogen and oxygen atoms in total. The number of hydrogen-bond acceptors (Lipinski definition) is 4. The Morgan fingerprint density at radius 1 is 0.962 bits per heavy atom. The van der Waals surface area contributed by atoms with E-state index in [0.717, 1.165) is 24.9 Å². The summed E-state index contributed by atoms with van der Waals surface area (Å²) in [4.78, 5) is 35.1. The third kappa shape index (κ3) is 7.72. The molecule has 0 saturated carbocycles. The maximum atomic E-state index is 12.1. The molecule has 2 saturated heterocycles. The summed E-state index contributed by atoms with van der Waals surface area (Å²) >= 11 is 0. The molecule has 2 atom stereocenters. The Hall–Kier alpha value is -1.63. The van der Waals surface area contributed by atoms with Crippen molar-refractivity contribution in [3.63, 3.8) is 0 Å². The monoisotopic (exact) mass is 370 g/mol. The van der Waals surface area contributed by atoms with Crippen LogP contribution in [0.25, 0.3) is 0 Å². The molecule has 2 N–H and O–H groups in total. The van der Waals surface area contributed by atoms with E-state index in [4.69, 9.17) is 19.8 Å². The van der Waals surface area contributed by atoms with Crippen molar-refractivity contribution in [3.05, 3.63) is 0 Å². The summed E-state index contributed by atoms with van der Waals surface area (Å²) in [6.07, 6.45) is 4.43. The van der Waals surface area contributed by atoms with Gasteiger partial charge < -0.3 is 15.1 Å². The van der Waals surface area contributed by atoms with Gasteiger partial charge in [-0.3, -0.25) is 9.69 Å². The maximum Gasteiger partial charge on any atom is 0.414 e. The summed E-state index contributed by atoms with van der Waals surface area (Å²) in [6, 6.07) is 0.711. The van der Waals surface area contributed by atoms with Crippen LogP contribution in [0.2, 0.25) is 0 Å². The molecule has 1 amide bonds. The Labute approximate surface area is 156 Å². The van der Waals surface area contributed by atoms with Crippen molar-refractivity contribution in [2.24, 2.45) is 17.8 Å². The van der Waals surface area contributed by atoms with Gasteiger partial charge in [0.25, 0.3) is 0 Å². The normalized spacial score (nSPS) is 24.7. The van der Waals surface area contributed by atoms with Gasteiger partial charge in [0, 0.05) is 38.6 Å². The predicted octanol–water partition coefficient (Wildman–Crippen LogP) is 2.16. The Morgan fingerprint density at radius 2 is 1.42 bits per heavy atom. The molecule has 0 aromatic heterocycles. The van der Waals surface area contributed by atoms with Gasteiger partial charge in [0.1, 0.15) is 0 Å². The van der Waals surface area contributed by atoms with Crippen LogP contribution in [0.4, 0.5) is 0 Å². The first kappa shape index (κ1) is 22.4. The Balaban J connectivity index is 0.000000487. The quantitative estimate of drug-likeness (QED) is 0.739. The van der Waals surface area contributed by atoms with Gasteiger partial charge in [0.05, 0.1) is 0 Å². The van der Waals surface area contributed by atoms with E-state index in [2.05, 4.69) is 37.5 Å². The average Bonchev–Trinajstić information content (AvgIpc) is 2.54. The fraction of sp³-hybridized carbons (Fsp3) is 0.842. The zero-order valence-electron chi connectivity index (χ0n) is 16.5. The first-order chi connectivity index (χ1) is 12.1. The minimum Gasteiger partial charge on any atom is -0.473 e. The van der Waals surface area contributed by atoms with E-state index < -0.39 is 11.9 Å². The molecular weight excluding hydrogens is 336 g/mol. The standard InChI is InChI=1S/C17H32N2O.C2H2O4/c1-13(2)9-17(20)18-7-5-16(6-8-18)19-11-14(3)10-15(4)12-19;3-1(4)2(5)6/h13-16H,5-12H2,1-4H3;(H,3,4)(H,5,6). The largest absolute Gasteiger partial charge is 0.473 e. The number of carboxylic acid groups (broad SMARTS) is 2. The summed E-state index contributed by atoms with van der Waals surface area (Å²) in [5.74, 6) is -1.15. The molecule has 2 unspecified atom stereocenters. The number of nitrogens with zero attached hydrogens (tertiary/aromatic N) is 2. The lowest BCUT2D eigenvalue weighted by Crippen LogP contribution is -2.50. The van der Waals surface area contributed by atoms with Gasteiger partial charge in [0.15, 0.2) is 0 Å². The van der Waals surface area contributed by atoms with Gasteiger partial charge >= 0.3 is 11.9 Å². The van der Waals surface area contributed by atoms with E-state index >= 15 is 0 Å². The lowest BCUT2D eigenvalue weighted by molar-refractivity contribution is -0.159. The number of carboxylic acids is 2. The van der Waals surface area contributed by atoms with E-state index in [1.54, 1.807) is 0 Å². The lowest BCUT2D eigenvalue weighted by atomic mass is 9.89. The highest BCUT2D eigenvalue weighted by atomic mass is 16.4. The topological polar surface area (TPSA) is 98.2 Å². The van der Waals surface area contributed by atoms with Crippen LogP contribution in [-0.2, 0) is 14.4 Å². The van der Waals surface area contributed by atoms with Crippen molar-refractivity contribution >= 4 is 17.8 Å². The van der Waals surface area contributed by atoms with E-state index in [9.17, 15) is 4.79 Å². The minimum absolute atomic E-state index is 0.360. The molecule has 7 heteroatoms. The van der Waals surface area contributed by atoms with Crippen molar-refractivity contribution in [1.29, 1.82) is 0 Å². The maximum absolute atomic E-state index is 12.1. The number of aliphatic carboxylic acids is 2. The van der Waals surface area contributed by atoms with Crippen molar-refractivity contribution < 1.29 is 24.6 Å². The fourth-order valence-corrected chi connectivity index (χ4v) is 3.97. The number of rotatable bonds is 3. The molecule has 2 aliphatic rings. The van der Waals surface area contributed by atoms with Crippen LogP contribution in [0.5, 0.6) is 0 Å². The Morgan fingerprint density at radius 3 is 1.81 bits per heavy atom. The van der Waals surface area contributed by atoms with Crippen LogP contribution in [0.1, 0.15) is 53.4 Å². The lowest BCUT2D eigenvalue weighted by Gasteiger charge is -2.43. The minimum atomic E-state index is -1.82. The number of hydrogen-bond donors (Lipinski definition) is 2. The molecule has 0 spiro atoms. The number of piperidine rings is 2. The zero-order chi connectivity index (χ0) is 19.9. The third-order valence-electron chi connectivity index (χ3n) is 5.00. The molecule has 2 heterocycles. The molecule has 150 valence electrons. The second-order valence-corrected chi connectivity index (χ2v) is 8.22. The number of amides is 1.